The van der Waals surface area contributed by atoms with Crippen LogP contribution in [0.4, 0.5) is 0 Å². The molecular formula is C19H21NO6. The number of rotatable bonds is 8. The monoisotopic (exact) mass is 359 g/mol. The van der Waals surface area contributed by atoms with Gasteiger partial charge < -0.3 is 24.2 Å². The van der Waals surface area contributed by atoms with E-state index in [2.05, 4.69) is 0 Å². The predicted octanol–water partition coefficient (Wildman–Crippen LogP) is 2.44. The molecule has 0 radical (unpaired) electrons. The maximum absolute atomic E-state index is 12.8. The first-order valence-electron chi connectivity index (χ1n) is 7.84. The lowest BCUT2D eigenvalue weighted by molar-refractivity contribution is -0.137. The highest BCUT2D eigenvalue weighted by atomic mass is 16.5. The molecular weight excluding hydrogens is 338 g/mol. The maximum atomic E-state index is 12.8. The Hall–Kier alpha value is -3.22. The molecule has 2 aromatic rings. The van der Waals surface area contributed by atoms with E-state index in [0.29, 0.717) is 28.4 Å². The predicted molar refractivity (Wildman–Crippen MR) is 94.9 cm³/mol. The summed E-state index contributed by atoms with van der Waals surface area (Å²) in [4.78, 5) is 25.3. The van der Waals surface area contributed by atoms with Crippen LogP contribution in [0, 0.1) is 0 Å². The number of nitrogens with zero attached hydrogens (tertiary/aromatic N) is 1. The Morgan fingerprint density at radius 1 is 0.923 bits per heavy atom. The van der Waals surface area contributed by atoms with Gasteiger partial charge in [0.2, 0.25) is 0 Å². The molecule has 0 aliphatic carbocycles. The van der Waals surface area contributed by atoms with Gasteiger partial charge in [0.15, 0.2) is 0 Å². The molecule has 0 bridgehead atoms. The second-order valence-corrected chi connectivity index (χ2v) is 5.51. The zero-order chi connectivity index (χ0) is 19.1. The number of carbonyl (C=O) groups is 2. The first kappa shape index (κ1) is 19.1. The number of benzene rings is 2. The van der Waals surface area contributed by atoms with Crippen molar-refractivity contribution in [2.75, 3.05) is 27.9 Å². The number of carboxylic acids is 1. The lowest BCUT2D eigenvalue weighted by atomic mass is 10.1. The first-order valence-corrected chi connectivity index (χ1v) is 7.84. The van der Waals surface area contributed by atoms with Crippen molar-refractivity contribution in [1.29, 1.82) is 0 Å². The Bertz CT molecular complexity index is 767. The van der Waals surface area contributed by atoms with Gasteiger partial charge in [-0.15, -0.1) is 0 Å². The van der Waals surface area contributed by atoms with Gasteiger partial charge in [-0.05, 0) is 35.9 Å². The van der Waals surface area contributed by atoms with Crippen LogP contribution in [-0.4, -0.2) is 49.8 Å². The SMILES string of the molecule is COc1cc(CN(CC(=O)O)C(=O)c2cccc(OC)c2)cc(OC)c1. The summed E-state index contributed by atoms with van der Waals surface area (Å²) >= 11 is 0. The molecule has 0 aliphatic rings. The Labute approximate surface area is 151 Å². The molecule has 0 unspecified atom stereocenters. The van der Waals surface area contributed by atoms with E-state index >= 15 is 0 Å². The van der Waals surface area contributed by atoms with Gasteiger partial charge >= 0.3 is 5.97 Å². The van der Waals surface area contributed by atoms with Crippen LogP contribution >= 0.6 is 0 Å². The quantitative estimate of drug-likeness (QED) is 0.779. The Kier molecular flexibility index (Phi) is 6.43. The molecule has 0 aliphatic heterocycles. The van der Waals surface area contributed by atoms with E-state index in [4.69, 9.17) is 14.2 Å². The average molecular weight is 359 g/mol. The minimum Gasteiger partial charge on any atom is -0.497 e. The molecule has 2 aromatic carbocycles. The minimum absolute atomic E-state index is 0.0932. The van der Waals surface area contributed by atoms with Crippen LogP contribution in [0.1, 0.15) is 15.9 Å². The number of ether oxygens (including phenoxy) is 3. The number of hydrogen-bond donors (Lipinski definition) is 1. The van der Waals surface area contributed by atoms with Crippen LogP contribution in [-0.2, 0) is 11.3 Å². The molecule has 1 N–H and O–H groups in total. The zero-order valence-electron chi connectivity index (χ0n) is 14.9. The van der Waals surface area contributed by atoms with Gasteiger partial charge in [-0.2, -0.15) is 0 Å². The fourth-order valence-electron chi connectivity index (χ4n) is 2.48. The molecule has 0 atom stereocenters. The molecule has 7 nitrogen and oxygen atoms in total. The number of amides is 1. The van der Waals surface area contributed by atoms with Crippen LogP contribution in [0.25, 0.3) is 0 Å². The van der Waals surface area contributed by atoms with Crippen molar-refractivity contribution in [3.8, 4) is 17.2 Å². The molecule has 0 aromatic heterocycles. The molecule has 1 amide bonds. The van der Waals surface area contributed by atoms with Crippen LogP contribution < -0.4 is 14.2 Å². The third kappa shape index (κ3) is 4.89. The molecule has 0 heterocycles. The zero-order valence-corrected chi connectivity index (χ0v) is 14.9. The van der Waals surface area contributed by atoms with E-state index in [1.807, 2.05) is 0 Å². The lowest BCUT2D eigenvalue weighted by Crippen LogP contribution is -2.35. The third-order valence-corrected chi connectivity index (χ3v) is 3.71. The van der Waals surface area contributed by atoms with Gasteiger partial charge in [-0.25, -0.2) is 0 Å². The summed E-state index contributed by atoms with van der Waals surface area (Å²) in [6.45, 7) is -0.342. The molecule has 0 spiro atoms. The number of hydrogen-bond acceptors (Lipinski definition) is 5. The smallest absolute Gasteiger partial charge is 0.323 e. The highest BCUT2D eigenvalue weighted by Crippen LogP contribution is 2.24. The fourth-order valence-corrected chi connectivity index (χ4v) is 2.48. The van der Waals surface area contributed by atoms with E-state index in [1.165, 1.54) is 26.2 Å². The van der Waals surface area contributed by atoms with Crippen LogP contribution in [0.2, 0.25) is 0 Å². The molecule has 0 saturated carbocycles. The summed E-state index contributed by atoms with van der Waals surface area (Å²) in [5.41, 5.74) is 1.04. The van der Waals surface area contributed by atoms with Crippen LogP contribution in [0.5, 0.6) is 17.2 Å². The average Bonchev–Trinajstić information content (AvgIpc) is 2.66. The van der Waals surface area contributed by atoms with Crippen molar-refractivity contribution in [3.63, 3.8) is 0 Å². The Morgan fingerprint density at radius 3 is 2.08 bits per heavy atom. The van der Waals surface area contributed by atoms with E-state index in [0.717, 1.165) is 0 Å². The van der Waals surface area contributed by atoms with Crippen molar-refractivity contribution < 1.29 is 28.9 Å². The standard InChI is InChI=1S/C19H21NO6/c1-24-15-6-4-5-14(9-15)19(23)20(12-18(21)22)11-13-7-16(25-2)10-17(8-13)26-3/h4-10H,11-12H2,1-3H3,(H,21,22). The van der Waals surface area contributed by atoms with Crippen LogP contribution in [0.3, 0.4) is 0 Å². The van der Waals surface area contributed by atoms with E-state index in [1.54, 1.807) is 42.5 Å². The minimum atomic E-state index is -1.10. The van der Waals surface area contributed by atoms with Gasteiger partial charge in [-0.3, -0.25) is 9.59 Å². The van der Waals surface area contributed by atoms with Gasteiger partial charge in [-0.1, -0.05) is 6.07 Å². The topological polar surface area (TPSA) is 85.3 Å². The fraction of sp³-hybridized carbons (Fsp3) is 0.263. The summed E-state index contributed by atoms with van der Waals surface area (Å²) in [6, 6.07) is 11.8. The first-order chi connectivity index (χ1) is 12.5. The summed E-state index contributed by atoms with van der Waals surface area (Å²) in [7, 11) is 4.55. The molecule has 0 saturated heterocycles. The highest BCUT2D eigenvalue weighted by molar-refractivity contribution is 5.96. The number of methoxy groups -OCH3 is 3. The summed E-state index contributed by atoms with van der Waals surface area (Å²) in [5, 5.41) is 9.19. The second kappa shape index (κ2) is 8.75. The molecule has 138 valence electrons. The van der Waals surface area contributed by atoms with Crippen molar-refractivity contribution in [1.82, 2.24) is 4.90 Å². The normalized spacial score (nSPS) is 10.1. The summed E-state index contributed by atoms with van der Waals surface area (Å²) in [5.74, 6) is 0.130. The maximum Gasteiger partial charge on any atom is 0.323 e. The van der Waals surface area contributed by atoms with E-state index in [9.17, 15) is 14.7 Å². The third-order valence-electron chi connectivity index (χ3n) is 3.71. The highest BCUT2D eigenvalue weighted by Gasteiger charge is 2.20. The van der Waals surface area contributed by atoms with Gasteiger partial charge in [0, 0.05) is 18.2 Å². The number of aliphatic carboxylic acids is 1. The number of carbonyl (C=O) groups excluding carboxylic acids is 1. The Balaban J connectivity index is 2.32. The summed E-state index contributed by atoms with van der Waals surface area (Å²) in [6.07, 6.45) is 0. The van der Waals surface area contributed by atoms with E-state index < -0.39 is 18.4 Å². The lowest BCUT2D eigenvalue weighted by Gasteiger charge is -2.22. The van der Waals surface area contributed by atoms with E-state index in [-0.39, 0.29) is 6.54 Å². The largest absolute Gasteiger partial charge is 0.497 e. The van der Waals surface area contributed by atoms with Gasteiger partial charge in [0.1, 0.15) is 23.8 Å². The van der Waals surface area contributed by atoms with Crippen molar-refractivity contribution in [2.24, 2.45) is 0 Å². The molecule has 7 heteroatoms. The molecule has 2 rings (SSSR count). The number of carboxylic acid groups (broad SMARTS) is 1. The van der Waals surface area contributed by atoms with Gasteiger partial charge in [0.05, 0.1) is 21.3 Å². The van der Waals surface area contributed by atoms with Gasteiger partial charge in [0.25, 0.3) is 5.91 Å². The molecule has 0 fully saturated rings. The van der Waals surface area contributed by atoms with Crippen molar-refractivity contribution in [2.45, 2.75) is 6.54 Å². The van der Waals surface area contributed by atoms with Crippen molar-refractivity contribution >= 4 is 11.9 Å². The second-order valence-electron chi connectivity index (χ2n) is 5.51. The van der Waals surface area contributed by atoms with Crippen LogP contribution in [0.15, 0.2) is 42.5 Å². The Morgan fingerprint density at radius 2 is 1.54 bits per heavy atom. The van der Waals surface area contributed by atoms with Crippen molar-refractivity contribution in [3.05, 3.63) is 53.6 Å². The molecule has 26 heavy (non-hydrogen) atoms. The summed E-state index contributed by atoms with van der Waals surface area (Å²) < 4.78 is 15.6.